The molecule has 5 rings (SSSR count). The van der Waals surface area contributed by atoms with Gasteiger partial charge in [0.2, 0.25) is 0 Å². The van der Waals surface area contributed by atoms with Gasteiger partial charge in [-0.2, -0.15) is 51.1 Å². The Balaban J connectivity index is 0.000000169. The molecule has 5 aliphatic heterocycles. The molecule has 0 aromatic heterocycles. The van der Waals surface area contributed by atoms with Crippen LogP contribution in [0.3, 0.4) is 0 Å². The van der Waals surface area contributed by atoms with E-state index >= 15 is 0 Å². The second-order valence-corrected chi connectivity index (χ2v) is 19.6. The van der Waals surface area contributed by atoms with Crippen LogP contribution in [-0.2, 0) is 30.6 Å². The highest BCUT2D eigenvalue weighted by Gasteiger charge is 2.50. The maximum atomic E-state index is 11.8. The second-order valence-electron chi connectivity index (χ2n) is 13.5. The summed E-state index contributed by atoms with van der Waals surface area (Å²) in [6.45, 7) is 17.0. The van der Waals surface area contributed by atoms with E-state index in [0.29, 0.717) is 68.2 Å². The van der Waals surface area contributed by atoms with Crippen LogP contribution in [0.5, 0.6) is 0 Å². The quantitative estimate of drug-likeness (QED) is 0.459. The van der Waals surface area contributed by atoms with Gasteiger partial charge >= 0.3 is 0 Å². The number of hydrogen-bond donors (Lipinski definition) is 0. The van der Waals surface area contributed by atoms with E-state index in [2.05, 4.69) is 41.5 Å². The Hall–Kier alpha value is -0.390. The van der Waals surface area contributed by atoms with Crippen LogP contribution in [0, 0.1) is 35.5 Å². The molecule has 0 aliphatic carbocycles. The van der Waals surface area contributed by atoms with E-state index in [-0.39, 0.29) is 12.1 Å². The molecule has 0 aromatic rings. The van der Waals surface area contributed by atoms with Crippen molar-refractivity contribution in [2.24, 2.45) is 35.5 Å². The molecule has 0 saturated carbocycles. The SMILES string of the molecule is CC(C)C1CC2CN(C)S(=O)(=O)N2C1.CC(C)C1CCN2C1CN(C)S2(=O)=O.CC(C)C1CN(C)S(=O)(=O)N(C)C1. The fourth-order valence-corrected chi connectivity index (χ4v) is 11.1. The molecule has 0 bridgehead atoms. The summed E-state index contributed by atoms with van der Waals surface area (Å²) in [5.41, 5.74) is 0. The van der Waals surface area contributed by atoms with Crippen molar-refractivity contribution in [2.45, 2.75) is 66.5 Å². The number of nitrogens with zero attached hydrogens (tertiary/aromatic N) is 6. The first-order chi connectivity index (χ1) is 18.7. The van der Waals surface area contributed by atoms with Crippen molar-refractivity contribution in [3.05, 3.63) is 0 Å². The lowest BCUT2D eigenvalue weighted by molar-refractivity contribution is 0.220. The van der Waals surface area contributed by atoms with Gasteiger partial charge < -0.3 is 0 Å². The zero-order chi connectivity index (χ0) is 31.2. The molecule has 0 amide bonds. The van der Waals surface area contributed by atoms with Crippen molar-refractivity contribution < 1.29 is 25.3 Å². The maximum absolute atomic E-state index is 11.8. The molecule has 5 heterocycles. The van der Waals surface area contributed by atoms with Crippen molar-refractivity contribution in [1.29, 1.82) is 0 Å². The molecular formula is C26H54N6O6S3. The normalized spacial score (nSPS) is 34.5. The van der Waals surface area contributed by atoms with Crippen LogP contribution in [0.1, 0.15) is 54.4 Å². The lowest BCUT2D eigenvalue weighted by Gasteiger charge is -2.37. The molecule has 0 N–H and O–H groups in total. The molecule has 5 saturated heterocycles. The van der Waals surface area contributed by atoms with E-state index in [9.17, 15) is 25.3 Å². The van der Waals surface area contributed by atoms with E-state index < -0.39 is 30.6 Å². The average molecular weight is 643 g/mol. The largest absolute Gasteiger partial charge is 0.282 e. The lowest BCUT2D eigenvalue weighted by atomic mass is 9.89. The first-order valence-electron chi connectivity index (χ1n) is 14.9. The van der Waals surface area contributed by atoms with Crippen LogP contribution in [-0.4, -0.2) is 131 Å². The smallest absolute Gasteiger partial charge is 0.195 e. The standard InChI is InChI=1S/2C9H18N2O2S.C8H18N2O2S/c1-7(2)8-4-9-6-10(3)14(12,13)11(9)5-8;1-7(2)8-4-5-11-9(8)6-10(3)14(11,12)13;1-7(2)8-5-9(3)13(11,12)10(4)6-8/h2*7-9H,4-6H2,1-3H3;7-8H,5-6H2,1-4H3. The van der Waals surface area contributed by atoms with Gasteiger partial charge in [0.05, 0.1) is 0 Å². The molecule has 41 heavy (non-hydrogen) atoms. The highest BCUT2D eigenvalue weighted by molar-refractivity contribution is 7.87. The van der Waals surface area contributed by atoms with Gasteiger partial charge in [-0.1, -0.05) is 41.5 Å². The number of hydrogen-bond acceptors (Lipinski definition) is 6. The minimum Gasteiger partial charge on any atom is -0.195 e. The van der Waals surface area contributed by atoms with E-state index in [1.807, 2.05) is 0 Å². The van der Waals surface area contributed by atoms with Gasteiger partial charge in [-0.25, -0.2) is 0 Å². The Kier molecular flexibility index (Phi) is 11.1. The fourth-order valence-electron chi connectivity index (χ4n) is 6.66. The summed E-state index contributed by atoms with van der Waals surface area (Å²) in [5.74, 6) is 3.21. The average Bonchev–Trinajstić information content (AvgIpc) is 3.57. The molecule has 5 aliphatic rings. The fraction of sp³-hybridized carbons (Fsp3) is 1.00. The van der Waals surface area contributed by atoms with Gasteiger partial charge in [0, 0.05) is 79.5 Å². The van der Waals surface area contributed by atoms with Crippen LogP contribution in [0.25, 0.3) is 0 Å². The zero-order valence-electron chi connectivity index (χ0n) is 26.6. The molecule has 15 heteroatoms. The predicted octanol–water partition coefficient (Wildman–Crippen LogP) is 1.43. The van der Waals surface area contributed by atoms with Crippen LogP contribution in [0.4, 0.5) is 0 Å². The van der Waals surface area contributed by atoms with Gasteiger partial charge in [0.1, 0.15) is 0 Å². The van der Waals surface area contributed by atoms with Gasteiger partial charge in [-0.3, -0.25) is 0 Å². The molecule has 0 spiro atoms. The Morgan fingerprint density at radius 3 is 1.46 bits per heavy atom. The van der Waals surface area contributed by atoms with Crippen molar-refractivity contribution in [1.82, 2.24) is 25.8 Å². The lowest BCUT2D eigenvalue weighted by Crippen LogP contribution is -2.51. The summed E-state index contributed by atoms with van der Waals surface area (Å²) >= 11 is 0. The van der Waals surface area contributed by atoms with E-state index in [1.54, 1.807) is 36.8 Å². The Morgan fingerprint density at radius 2 is 1.00 bits per heavy atom. The summed E-state index contributed by atoms with van der Waals surface area (Å²) in [6.07, 6.45) is 2.05. The molecule has 0 aromatic carbocycles. The number of rotatable bonds is 3. The molecular weight excluding hydrogens is 589 g/mol. The Morgan fingerprint density at radius 1 is 0.537 bits per heavy atom. The van der Waals surface area contributed by atoms with Crippen LogP contribution in [0.15, 0.2) is 0 Å². The molecule has 12 nitrogen and oxygen atoms in total. The molecule has 5 fully saturated rings. The predicted molar refractivity (Wildman–Crippen MR) is 162 cm³/mol. The van der Waals surface area contributed by atoms with Gasteiger partial charge in [0.25, 0.3) is 30.6 Å². The number of likely N-dealkylation sites (N-methyl/N-ethyl adjacent to an activating group) is 2. The van der Waals surface area contributed by atoms with Crippen LogP contribution >= 0.6 is 0 Å². The third kappa shape index (κ3) is 7.14. The summed E-state index contributed by atoms with van der Waals surface area (Å²) in [4.78, 5) is 0. The van der Waals surface area contributed by atoms with E-state index in [0.717, 1.165) is 19.4 Å². The first kappa shape index (κ1) is 35.1. The Bertz CT molecular complexity index is 1190. The summed E-state index contributed by atoms with van der Waals surface area (Å²) < 4.78 is 79.4. The van der Waals surface area contributed by atoms with Crippen molar-refractivity contribution in [2.75, 3.05) is 67.5 Å². The minimum atomic E-state index is -3.14. The van der Waals surface area contributed by atoms with Crippen molar-refractivity contribution in [3.63, 3.8) is 0 Å². The van der Waals surface area contributed by atoms with Crippen molar-refractivity contribution >= 4 is 30.6 Å². The molecule has 4 unspecified atom stereocenters. The van der Waals surface area contributed by atoms with E-state index in [1.165, 1.54) is 17.2 Å². The summed E-state index contributed by atoms with van der Waals surface area (Å²) in [6, 6.07) is 0.461. The molecule has 0 radical (unpaired) electrons. The second kappa shape index (κ2) is 12.9. The van der Waals surface area contributed by atoms with Crippen molar-refractivity contribution in [3.8, 4) is 0 Å². The third-order valence-corrected chi connectivity index (χ3v) is 15.6. The Labute approximate surface area is 250 Å². The first-order valence-corrected chi connectivity index (χ1v) is 19.1. The maximum Gasteiger partial charge on any atom is 0.282 e. The minimum absolute atomic E-state index is 0.227. The zero-order valence-corrected chi connectivity index (χ0v) is 29.1. The van der Waals surface area contributed by atoms with Gasteiger partial charge in [-0.15, -0.1) is 0 Å². The molecule has 4 atom stereocenters. The molecule has 242 valence electrons. The summed E-state index contributed by atoms with van der Waals surface area (Å²) in [5, 5.41) is 0. The number of fused-ring (bicyclic) bond motifs is 2. The highest BCUT2D eigenvalue weighted by Crippen LogP contribution is 2.38. The highest BCUT2D eigenvalue weighted by atomic mass is 32.2. The van der Waals surface area contributed by atoms with Crippen LogP contribution < -0.4 is 0 Å². The van der Waals surface area contributed by atoms with E-state index in [4.69, 9.17) is 0 Å². The topological polar surface area (TPSA) is 122 Å². The summed E-state index contributed by atoms with van der Waals surface area (Å²) in [7, 11) is -2.73. The monoisotopic (exact) mass is 642 g/mol. The van der Waals surface area contributed by atoms with Crippen LogP contribution in [0.2, 0.25) is 0 Å². The van der Waals surface area contributed by atoms with Gasteiger partial charge in [0.15, 0.2) is 0 Å². The third-order valence-electron chi connectivity index (χ3n) is 9.75. The van der Waals surface area contributed by atoms with Gasteiger partial charge in [-0.05, 0) is 48.3 Å².